The fourth-order valence-corrected chi connectivity index (χ4v) is 3.85. The molecule has 5 nitrogen and oxygen atoms in total. The number of H-pyrrole nitrogens is 1. The highest BCUT2D eigenvalue weighted by molar-refractivity contribution is 7.71. The number of aryl methyl sites for hydroxylation is 2. The van der Waals surface area contributed by atoms with Crippen molar-refractivity contribution in [1.29, 1.82) is 0 Å². The molecule has 1 fully saturated rings. The van der Waals surface area contributed by atoms with E-state index in [0.29, 0.717) is 0 Å². The maximum atomic E-state index is 5.54. The molecular weight excluding hydrogens is 270 g/mol. The van der Waals surface area contributed by atoms with E-state index in [-0.39, 0.29) is 5.54 Å². The number of likely N-dealkylation sites (N-methyl/N-ethyl adjacent to an activating group) is 1. The normalized spacial score (nSPS) is 18.4. The zero-order valence-electron chi connectivity index (χ0n) is 12.7. The first-order valence-corrected chi connectivity index (χ1v) is 7.65. The first-order valence-electron chi connectivity index (χ1n) is 7.24. The zero-order chi connectivity index (χ0) is 14.5. The fourth-order valence-electron chi connectivity index (χ4n) is 3.59. The Hall–Kier alpha value is -1.14. The van der Waals surface area contributed by atoms with E-state index in [2.05, 4.69) is 33.6 Å². The Morgan fingerprint density at radius 3 is 2.60 bits per heavy atom. The van der Waals surface area contributed by atoms with Gasteiger partial charge < -0.3 is 9.88 Å². The summed E-state index contributed by atoms with van der Waals surface area (Å²) in [6.07, 6.45) is 5.10. The molecule has 0 amide bonds. The van der Waals surface area contributed by atoms with E-state index in [1.54, 1.807) is 0 Å². The summed E-state index contributed by atoms with van der Waals surface area (Å²) in [5.74, 6) is 0. The molecule has 0 radical (unpaired) electrons. The topological polar surface area (TPSA) is 41.8 Å². The Morgan fingerprint density at radius 1 is 1.35 bits per heavy atom. The van der Waals surface area contributed by atoms with Crippen LogP contribution in [0.5, 0.6) is 0 Å². The molecule has 2 aromatic heterocycles. The van der Waals surface area contributed by atoms with Crippen LogP contribution in [0, 0.1) is 11.7 Å². The SMILES string of the molecule is Cc1nn(C)c2c1[nH]c(=S)n2CC1(N(C)C)CCCC1. The Bertz CT molecular complexity index is 684. The van der Waals surface area contributed by atoms with Crippen molar-refractivity contribution in [2.45, 2.75) is 44.7 Å². The number of aromatic amines is 1. The van der Waals surface area contributed by atoms with Crippen LogP contribution < -0.4 is 0 Å². The van der Waals surface area contributed by atoms with Crippen molar-refractivity contribution >= 4 is 23.4 Å². The average molecular weight is 293 g/mol. The molecule has 6 heteroatoms. The summed E-state index contributed by atoms with van der Waals surface area (Å²) in [6.45, 7) is 2.97. The number of rotatable bonds is 3. The monoisotopic (exact) mass is 293 g/mol. The van der Waals surface area contributed by atoms with Crippen molar-refractivity contribution in [2.75, 3.05) is 14.1 Å². The second-order valence-corrected chi connectivity index (χ2v) is 6.64. The van der Waals surface area contributed by atoms with Crippen molar-refractivity contribution in [3.05, 3.63) is 10.5 Å². The average Bonchev–Trinajstić information content (AvgIpc) is 3.02. The Balaban J connectivity index is 2.10. The van der Waals surface area contributed by atoms with Gasteiger partial charge in [0.2, 0.25) is 0 Å². The van der Waals surface area contributed by atoms with Crippen LogP contribution in [-0.2, 0) is 13.6 Å². The summed E-state index contributed by atoms with van der Waals surface area (Å²) in [6, 6.07) is 0. The van der Waals surface area contributed by atoms with E-state index in [0.717, 1.165) is 28.2 Å². The van der Waals surface area contributed by atoms with E-state index < -0.39 is 0 Å². The van der Waals surface area contributed by atoms with Gasteiger partial charge in [-0.2, -0.15) is 5.10 Å². The number of hydrogen-bond acceptors (Lipinski definition) is 3. The summed E-state index contributed by atoms with van der Waals surface area (Å²) in [5.41, 5.74) is 3.42. The van der Waals surface area contributed by atoms with Gasteiger partial charge in [-0.25, -0.2) is 0 Å². The molecule has 1 aliphatic rings. The smallest absolute Gasteiger partial charge is 0.179 e. The highest BCUT2D eigenvalue weighted by Crippen LogP contribution is 2.36. The minimum atomic E-state index is 0.228. The second kappa shape index (κ2) is 4.70. The first kappa shape index (κ1) is 13.8. The lowest BCUT2D eigenvalue weighted by molar-refractivity contribution is 0.134. The van der Waals surface area contributed by atoms with Gasteiger partial charge in [0.25, 0.3) is 0 Å². The molecule has 1 aliphatic carbocycles. The lowest BCUT2D eigenvalue weighted by Crippen LogP contribution is -2.45. The third-order valence-electron chi connectivity index (χ3n) is 4.86. The molecule has 1 saturated carbocycles. The predicted molar refractivity (Wildman–Crippen MR) is 83.5 cm³/mol. The molecule has 2 aromatic rings. The van der Waals surface area contributed by atoms with Gasteiger partial charge in [0.1, 0.15) is 5.52 Å². The molecule has 3 rings (SSSR count). The lowest BCUT2D eigenvalue weighted by Gasteiger charge is -2.36. The number of nitrogens with one attached hydrogen (secondary N) is 1. The van der Waals surface area contributed by atoms with Gasteiger partial charge in [-0.05, 0) is 46.1 Å². The third kappa shape index (κ3) is 1.93. The van der Waals surface area contributed by atoms with Crippen molar-refractivity contribution in [3.8, 4) is 0 Å². The summed E-state index contributed by atoms with van der Waals surface area (Å²) in [4.78, 5) is 5.70. The van der Waals surface area contributed by atoms with Gasteiger partial charge in [0.15, 0.2) is 10.4 Å². The number of aromatic nitrogens is 4. The number of fused-ring (bicyclic) bond motifs is 1. The largest absolute Gasteiger partial charge is 0.328 e. The molecule has 0 atom stereocenters. The first-order chi connectivity index (χ1) is 9.44. The lowest BCUT2D eigenvalue weighted by atomic mass is 9.96. The van der Waals surface area contributed by atoms with Crippen molar-refractivity contribution in [3.63, 3.8) is 0 Å². The van der Waals surface area contributed by atoms with Gasteiger partial charge in [0.05, 0.1) is 5.69 Å². The van der Waals surface area contributed by atoms with Crippen LogP contribution in [0.4, 0.5) is 0 Å². The van der Waals surface area contributed by atoms with Crippen molar-refractivity contribution in [1.82, 2.24) is 24.2 Å². The number of hydrogen-bond donors (Lipinski definition) is 1. The molecule has 0 unspecified atom stereocenters. The molecule has 1 N–H and O–H groups in total. The third-order valence-corrected chi connectivity index (χ3v) is 5.18. The molecule has 110 valence electrons. The molecule has 20 heavy (non-hydrogen) atoms. The highest BCUT2D eigenvalue weighted by Gasteiger charge is 2.37. The van der Waals surface area contributed by atoms with Crippen LogP contribution in [-0.4, -0.2) is 43.9 Å². The standard InChI is InChI=1S/C14H23N5S/c1-10-11-12(18(4)16-10)19(13(20)15-11)9-14(17(2)3)7-5-6-8-14/h5-9H2,1-4H3,(H,15,20). The van der Waals surface area contributed by atoms with Crippen LogP contribution in [0.1, 0.15) is 31.4 Å². The molecule has 2 heterocycles. The minimum Gasteiger partial charge on any atom is -0.328 e. The molecule has 0 aliphatic heterocycles. The van der Waals surface area contributed by atoms with E-state index >= 15 is 0 Å². The van der Waals surface area contributed by atoms with E-state index in [1.165, 1.54) is 25.7 Å². The maximum absolute atomic E-state index is 5.54. The molecule has 0 bridgehead atoms. The number of nitrogens with zero attached hydrogens (tertiary/aromatic N) is 4. The summed E-state index contributed by atoms with van der Waals surface area (Å²) in [7, 11) is 6.37. The van der Waals surface area contributed by atoms with Crippen LogP contribution in [0.15, 0.2) is 0 Å². The molecular formula is C14H23N5S. The van der Waals surface area contributed by atoms with Crippen LogP contribution in [0.3, 0.4) is 0 Å². The van der Waals surface area contributed by atoms with Crippen LogP contribution >= 0.6 is 12.2 Å². The van der Waals surface area contributed by atoms with Crippen LogP contribution in [0.2, 0.25) is 0 Å². The van der Waals surface area contributed by atoms with Crippen molar-refractivity contribution in [2.24, 2.45) is 7.05 Å². The predicted octanol–water partition coefficient (Wildman–Crippen LogP) is 2.62. The molecule has 0 saturated heterocycles. The Kier molecular flexibility index (Phi) is 3.25. The summed E-state index contributed by atoms with van der Waals surface area (Å²) >= 11 is 5.54. The molecule has 0 spiro atoms. The van der Waals surface area contributed by atoms with Gasteiger partial charge in [-0.15, -0.1) is 0 Å². The van der Waals surface area contributed by atoms with Gasteiger partial charge >= 0.3 is 0 Å². The second-order valence-electron chi connectivity index (χ2n) is 6.25. The number of imidazole rings is 1. The maximum Gasteiger partial charge on any atom is 0.179 e. The van der Waals surface area contributed by atoms with E-state index in [1.807, 2.05) is 18.7 Å². The molecule has 0 aromatic carbocycles. The van der Waals surface area contributed by atoms with Gasteiger partial charge in [-0.1, -0.05) is 12.8 Å². The summed E-state index contributed by atoms with van der Waals surface area (Å²) < 4.78 is 4.98. The van der Waals surface area contributed by atoms with Crippen molar-refractivity contribution < 1.29 is 0 Å². The quantitative estimate of drug-likeness (QED) is 0.885. The highest BCUT2D eigenvalue weighted by atomic mass is 32.1. The van der Waals surface area contributed by atoms with E-state index in [9.17, 15) is 0 Å². The Morgan fingerprint density at radius 2 is 2.00 bits per heavy atom. The van der Waals surface area contributed by atoms with Gasteiger partial charge in [-0.3, -0.25) is 9.25 Å². The zero-order valence-corrected chi connectivity index (χ0v) is 13.5. The Labute approximate surface area is 124 Å². The summed E-state index contributed by atoms with van der Waals surface area (Å²) in [5, 5.41) is 4.50. The van der Waals surface area contributed by atoms with E-state index in [4.69, 9.17) is 12.2 Å². The van der Waals surface area contributed by atoms with Gasteiger partial charge in [0, 0.05) is 19.1 Å². The fraction of sp³-hybridized carbons (Fsp3) is 0.714. The minimum absolute atomic E-state index is 0.228. The van der Waals surface area contributed by atoms with Crippen LogP contribution in [0.25, 0.3) is 11.2 Å².